The molecule has 14 heavy (non-hydrogen) atoms. The van der Waals surface area contributed by atoms with Crippen molar-refractivity contribution in [2.45, 2.75) is 19.4 Å². The maximum Gasteiger partial charge on any atom is 0.117 e. The van der Waals surface area contributed by atoms with Gasteiger partial charge in [0.25, 0.3) is 0 Å². The number of phenolic OH excluding ortho intramolecular Hbond substituents is 1. The Kier molecular flexibility index (Phi) is 4.26. The summed E-state index contributed by atoms with van der Waals surface area (Å²) in [5, 5.41) is 12.5. The predicted octanol–water partition coefficient (Wildman–Crippen LogP) is 2.23. The average Bonchev–Trinajstić information content (AvgIpc) is 2.15. The molecule has 0 aliphatic carbocycles. The van der Waals surface area contributed by atoms with Crippen LogP contribution >= 0.6 is 0 Å². The lowest BCUT2D eigenvalue weighted by atomic mass is 10.2. The van der Waals surface area contributed by atoms with Gasteiger partial charge in [-0.25, -0.2) is 0 Å². The summed E-state index contributed by atoms with van der Waals surface area (Å²) in [6, 6.07) is 7.47. The molecule has 0 aromatic heterocycles. The molecule has 0 bridgehead atoms. The molecule has 1 unspecified atom stereocenters. The Morgan fingerprint density at radius 3 is 2.93 bits per heavy atom. The van der Waals surface area contributed by atoms with Gasteiger partial charge in [0.15, 0.2) is 0 Å². The first-order valence-corrected chi connectivity index (χ1v) is 4.77. The lowest BCUT2D eigenvalue weighted by Crippen LogP contribution is -2.16. The number of benzene rings is 1. The van der Waals surface area contributed by atoms with Gasteiger partial charge in [0, 0.05) is 31.5 Å². The fourth-order valence-corrected chi connectivity index (χ4v) is 1.25. The molecule has 0 amide bonds. The minimum atomic E-state index is 0.286. The van der Waals surface area contributed by atoms with E-state index in [-0.39, 0.29) is 5.75 Å². The zero-order chi connectivity index (χ0) is 10.4. The molecular weight excluding hydrogens is 178 g/mol. The summed E-state index contributed by atoms with van der Waals surface area (Å²) < 4.78 is 4.98. The zero-order valence-electron chi connectivity index (χ0n) is 8.66. The van der Waals surface area contributed by atoms with Crippen LogP contribution in [0.5, 0.6) is 5.75 Å². The fourth-order valence-electron chi connectivity index (χ4n) is 1.25. The second-order valence-corrected chi connectivity index (χ2v) is 3.38. The number of anilines is 1. The van der Waals surface area contributed by atoms with Gasteiger partial charge in [-0.2, -0.15) is 0 Å². The van der Waals surface area contributed by atoms with Gasteiger partial charge in [0.1, 0.15) is 5.75 Å². The molecule has 0 heterocycles. The van der Waals surface area contributed by atoms with Crippen LogP contribution < -0.4 is 5.32 Å². The zero-order valence-corrected chi connectivity index (χ0v) is 8.66. The first kappa shape index (κ1) is 10.9. The molecule has 1 atom stereocenters. The minimum absolute atomic E-state index is 0.286. The van der Waals surface area contributed by atoms with Gasteiger partial charge in [0.05, 0.1) is 0 Å². The standard InChI is InChI=1S/C11H17NO2/c1-9(6-7-14-2)12-10-4-3-5-11(13)8-10/h3-5,8-9,12-13H,6-7H2,1-2H3. The molecule has 1 aromatic rings. The van der Waals surface area contributed by atoms with Crippen molar-refractivity contribution in [3.05, 3.63) is 24.3 Å². The molecule has 2 N–H and O–H groups in total. The van der Waals surface area contributed by atoms with E-state index < -0.39 is 0 Å². The molecule has 0 saturated heterocycles. The van der Waals surface area contributed by atoms with Gasteiger partial charge in [-0.1, -0.05) is 6.07 Å². The van der Waals surface area contributed by atoms with E-state index in [4.69, 9.17) is 4.74 Å². The van der Waals surface area contributed by atoms with Gasteiger partial charge in [-0.05, 0) is 25.5 Å². The lowest BCUT2D eigenvalue weighted by molar-refractivity contribution is 0.191. The first-order valence-electron chi connectivity index (χ1n) is 4.77. The van der Waals surface area contributed by atoms with E-state index in [2.05, 4.69) is 12.2 Å². The highest BCUT2D eigenvalue weighted by molar-refractivity contribution is 5.48. The van der Waals surface area contributed by atoms with E-state index in [0.29, 0.717) is 6.04 Å². The highest BCUT2D eigenvalue weighted by Gasteiger charge is 2.01. The van der Waals surface area contributed by atoms with Gasteiger partial charge in [-0.3, -0.25) is 0 Å². The second-order valence-electron chi connectivity index (χ2n) is 3.38. The van der Waals surface area contributed by atoms with Crippen LogP contribution in [0.15, 0.2) is 24.3 Å². The fraction of sp³-hybridized carbons (Fsp3) is 0.455. The van der Waals surface area contributed by atoms with Crippen molar-refractivity contribution in [2.75, 3.05) is 19.0 Å². The number of hydrogen-bond acceptors (Lipinski definition) is 3. The van der Waals surface area contributed by atoms with E-state index in [0.717, 1.165) is 18.7 Å². The number of phenols is 1. The van der Waals surface area contributed by atoms with Crippen molar-refractivity contribution < 1.29 is 9.84 Å². The van der Waals surface area contributed by atoms with Gasteiger partial charge in [0.2, 0.25) is 0 Å². The van der Waals surface area contributed by atoms with E-state index in [1.807, 2.05) is 12.1 Å². The number of nitrogens with one attached hydrogen (secondary N) is 1. The van der Waals surface area contributed by atoms with Crippen molar-refractivity contribution in [1.29, 1.82) is 0 Å². The summed E-state index contributed by atoms with van der Waals surface area (Å²) in [5.74, 6) is 0.286. The van der Waals surface area contributed by atoms with Crippen molar-refractivity contribution in [3.63, 3.8) is 0 Å². The number of rotatable bonds is 5. The van der Waals surface area contributed by atoms with Crippen molar-refractivity contribution in [2.24, 2.45) is 0 Å². The summed E-state index contributed by atoms with van der Waals surface area (Å²) in [7, 11) is 1.70. The Hall–Kier alpha value is -1.22. The molecule has 78 valence electrons. The van der Waals surface area contributed by atoms with Gasteiger partial charge in [-0.15, -0.1) is 0 Å². The first-order chi connectivity index (χ1) is 6.72. The third kappa shape index (κ3) is 3.66. The molecular formula is C11H17NO2. The molecule has 1 aromatic carbocycles. The van der Waals surface area contributed by atoms with E-state index >= 15 is 0 Å². The van der Waals surface area contributed by atoms with Crippen molar-refractivity contribution in [3.8, 4) is 5.75 Å². The predicted molar refractivity (Wildman–Crippen MR) is 57.7 cm³/mol. The Morgan fingerprint density at radius 1 is 1.50 bits per heavy atom. The van der Waals surface area contributed by atoms with Crippen LogP contribution in [0.2, 0.25) is 0 Å². The molecule has 3 nitrogen and oxygen atoms in total. The minimum Gasteiger partial charge on any atom is -0.508 e. The monoisotopic (exact) mass is 195 g/mol. The topological polar surface area (TPSA) is 41.5 Å². The summed E-state index contributed by atoms with van der Waals surface area (Å²) in [4.78, 5) is 0. The summed E-state index contributed by atoms with van der Waals surface area (Å²) in [6.45, 7) is 2.83. The van der Waals surface area contributed by atoms with Crippen LogP contribution in [0.3, 0.4) is 0 Å². The van der Waals surface area contributed by atoms with Crippen LogP contribution in [-0.2, 0) is 4.74 Å². The number of methoxy groups -OCH3 is 1. The van der Waals surface area contributed by atoms with Gasteiger partial charge < -0.3 is 15.2 Å². The number of aromatic hydroxyl groups is 1. The highest BCUT2D eigenvalue weighted by Crippen LogP contribution is 2.16. The Morgan fingerprint density at radius 2 is 2.29 bits per heavy atom. The smallest absolute Gasteiger partial charge is 0.117 e. The third-order valence-corrected chi connectivity index (χ3v) is 2.01. The molecule has 0 saturated carbocycles. The van der Waals surface area contributed by atoms with Crippen molar-refractivity contribution >= 4 is 5.69 Å². The average molecular weight is 195 g/mol. The van der Waals surface area contributed by atoms with Crippen molar-refractivity contribution in [1.82, 2.24) is 0 Å². The third-order valence-electron chi connectivity index (χ3n) is 2.01. The SMILES string of the molecule is COCCC(C)Nc1cccc(O)c1. The molecule has 3 heteroatoms. The summed E-state index contributed by atoms with van der Waals surface area (Å²) in [5.41, 5.74) is 0.939. The number of hydrogen-bond donors (Lipinski definition) is 2. The normalized spacial score (nSPS) is 12.4. The quantitative estimate of drug-likeness (QED) is 0.757. The summed E-state index contributed by atoms with van der Waals surface area (Å²) in [6.07, 6.45) is 0.951. The number of ether oxygens (including phenoxy) is 1. The maximum absolute atomic E-state index is 9.24. The maximum atomic E-state index is 9.24. The lowest BCUT2D eigenvalue weighted by Gasteiger charge is -2.14. The highest BCUT2D eigenvalue weighted by atomic mass is 16.5. The van der Waals surface area contributed by atoms with Crippen LogP contribution in [-0.4, -0.2) is 24.9 Å². The van der Waals surface area contributed by atoms with E-state index in [1.165, 1.54) is 0 Å². The largest absolute Gasteiger partial charge is 0.508 e. The van der Waals surface area contributed by atoms with Crippen LogP contribution in [0.25, 0.3) is 0 Å². The molecule has 0 spiro atoms. The molecule has 0 radical (unpaired) electrons. The van der Waals surface area contributed by atoms with E-state index in [9.17, 15) is 5.11 Å². The molecule has 0 fully saturated rings. The Bertz CT molecular complexity index is 276. The molecule has 0 aliphatic heterocycles. The van der Waals surface area contributed by atoms with E-state index in [1.54, 1.807) is 19.2 Å². The van der Waals surface area contributed by atoms with Crippen LogP contribution in [0, 0.1) is 0 Å². The van der Waals surface area contributed by atoms with Crippen LogP contribution in [0.1, 0.15) is 13.3 Å². The molecule has 0 aliphatic rings. The second kappa shape index (κ2) is 5.50. The van der Waals surface area contributed by atoms with Crippen LogP contribution in [0.4, 0.5) is 5.69 Å². The Labute approximate surface area is 84.7 Å². The Balaban J connectivity index is 2.43. The van der Waals surface area contributed by atoms with Gasteiger partial charge >= 0.3 is 0 Å². The summed E-state index contributed by atoms with van der Waals surface area (Å²) >= 11 is 0. The molecule has 1 rings (SSSR count).